The molecule has 1 saturated heterocycles. The standard InChI is InChI=1S/C22H21FN2O/c1-25-20-5-3-2-4-18(20)21(22(25)26)19-13-10-16(14-24-19)7-6-15-8-11-17(23)12-9-15/h8-14,18,20-21H,2-5H2,1H3. The molecule has 1 aliphatic carbocycles. The molecule has 3 atom stereocenters. The minimum Gasteiger partial charge on any atom is -0.342 e. The molecule has 0 radical (unpaired) electrons. The Morgan fingerprint density at radius 3 is 2.46 bits per heavy atom. The Hall–Kier alpha value is -2.67. The molecule has 3 nitrogen and oxygen atoms in total. The van der Waals surface area contributed by atoms with E-state index in [-0.39, 0.29) is 17.6 Å². The largest absolute Gasteiger partial charge is 0.342 e. The topological polar surface area (TPSA) is 33.2 Å². The van der Waals surface area contributed by atoms with Crippen molar-refractivity contribution < 1.29 is 9.18 Å². The van der Waals surface area contributed by atoms with Crippen LogP contribution in [0, 0.1) is 23.6 Å². The number of halogens is 1. The first-order chi connectivity index (χ1) is 12.6. The Morgan fingerprint density at radius 1 is 1.04 bits per heavy atom. The first kappa shape index (κ1) is 16.8. The van der Waals surface area contributed by atoms with Crippen LogP contribution in [0.3, 0.4) is 0 Å². The summed E-state index contributed by atoms with van der Waals surface area (Å²) in [6, 6.07) is 10.3. The van der Waals surface area contributed by atoms with Gasteiger partial charge < -0.3 is 4.90 Å². The zero-order chi connectivity index (χ0) is 18.1. The molecule has 0 N–H and O–H groups in total. The van der Waals surface area contributed by atoms with Gasteiger partial charge in [0.2, 0.25) is 5.91 Å². The number of benzene rings is 1. The molecule has 4 heteroatoms. The number of pyridine rings is 1. The fourth-order valence-corrected chi connectivity index (χ4v) is 4.26. The fraction of sp³-hybridized carbons (Fsp3) is 0.364. The number of amides is 1. The minimum atomic E-state index is -0.270. The predicted molar refractivity (Wildman–Crippen MR) is 97.9 cm³/mol. The summed E-state index contributed by atoms with van der Waals surface area (Å²) in [5.74, 6) is 6.23. The molecular formula is C22H21FN2O. The number of hydrogen-bond donors (Lipinski definition) is 0. The van der Waals surface area contributed by atoms with Crippen molar-refractivity contribution in [3.8, 4) is 11.8 Å². The van der Waals surface area contributed by atoms with Crippen LogP contribution in [-0.4, -0.2) is 28.9 Å². The quantitative estimate of drug-likeness (QED) is 0.736. The minimum absolute atomic E-state index is 0.121. The van der Waals surface area contributed by atoms with Crippen LogP contribution < -0.4 is 0 Å². The highest BCUT2D eigenvalue weighted by Crippen LogP contribution is 2.44. The van der Waals surface area contributed by atoms with Crippen LogP contribution >= 0.6 is 0 Å². The number of rotatable bonds is 1. The number of carbonyl (C=O) groups excluding carboxylic acids is 1. The fourth-order valence-electron chi connectivity index (χ4n) is 4.26. The lowest BCUT2D eigenvalue weighted by Gasteiger charge is -2.29. The number of nitrogens with zero attached hydrogens (tertiary/aromatic N) is 2. The lowest BCUT2D eigenvalue weighted by Crippen LogP contribution is -2.33. The summed E-state index contributed by atoms with van der Waals surface area (Å²) in [7, 11) is 1.92. The molecule has 1 aliphatic heterocycles. The van der Waals surface area contributed by atoms with E-state index >= 15 is 0 Å². The Balaban J connectivity index is 1.54. The normalized spacial score (nSPS) is 24.8. The van der Waals surface area contributed by atoms with Gasteiger partial charge in [-0.25, -0.2) is 4.39 Å². The summed E-state index contributed by atoms with van der Waals surface area (Å²) in [6.07, 6.45) is 6.33. The van der Waals surface area contributed by atoms with E-state index in [0.717, 1.165) is 29.7 Å². The highest BCUT2D eigenvalue weighted by molar-refractivity contribution is 5.86. The van der Waals surface area contributed by atoms with Crippen molar-refractivity contribution in [1.82, 2.24) is 9.88 Å². The number of likely N-dealkylation sites (tertiary alicyclic amines) is 1. The number of carbonyl (C=O) groups is 1. The van der Waals surface area contributed by atoms with E-state index in [9.17, 15) is 9.18 Å². The van der Waals surface area contributed by atoms with E-state index in [2.05, 4.69) is 16.8 Å². The van der Waals surface area contributed by atoms with Gasteiger partial charge in [-0.05, 0) is 55.2 Å². The molecule has 2 aromatic rings. The third kappa shape index (κ3) is 3.10. The zero-order valence-corrected chi connectivity index (χ0v) is 14.8. The number of aromatic nitrogens is 1. The molecule has 1 amide bonds. The van der Waals surface area contributed by atoms with Crippen LogP contribution in [0.2, 0.25) is 0 Å². The summed E-state index contributed by atoms with van der Waals surface area (Å²) in [5.41, 5.74) is 2.40. The Kier molecular flexibility index (Phi) is 4.46. The van der Waals surface area contributed by atoms with Gasteiger partial charge in [-0.1, -0.05) is 24.7 Å². The van der Waals surface area contributed by atoms with Crippen molar-refractivity contribution in [3.05, 3.63) is 65.2 Å². The molecule has 1 aromatic carbocycles. The second-order valence-corrected chi connectivity index (χ2v) is 7.17. The Morgan fingerprint density at radius 2 is 1.73 bits per heavy atom. The van der Waals surface area contributed by atoms with Crippen molar-refractivity contribution in [1.29, 1.82) is 0 Å². The smallest absolute Gasteiger partial charge is 0.232 e. The van der Waals surface area contributed by atoms with E-state index < -0.39 is 0 Å². The third-order valence-electron chi connectivity index (χ3n) is 5.62. The van der Waals surface area contributed by atoms with Gasteiger partial charge >= 0.3 is 0 Å². The van der Waals surface area contributed by atoms with Crippen molar-refractivity contribution >= 4 is 5.91 Å². The van der Waals surface area contributed by atoms with E-state index in [1.54, 1.807) is 18.3 Å². The molecule has 0 bridgehead atoms. The van der Waals surface area contributed by atoms with Crippen LogP contribution in [-0.2, 0) is 4.79 Å². The first-order valence-electron chi connectivity index (χ1n) is 9.14. The first-order valence-corrected chi connectivity index (χ1v) is 9.14. The molecule has 132 valence electrons. The van der Waals surface area contributed by atoms with Crippen LogP contribution in [0.1, 0.15) is 48.4 Å². The third-order valence-corrected chi connectivity index (χ3v) is 5.62. The van der Waals surface area contributed by atoms with E-state index in [0.29, 0.717) is 12.0 Å². The molecule has 3 unspecified atom stereocenters. The van der Waals surface area contributed by atoms with Crippen LogP contribution in [0.25, 0.3) is 0 Å². The molecule has 2 fully saturated rings. The maximum atomic E-state index is 12.9. The molecule has 0 spiro atoms. The number of likely N-dealkylation sites (N-methyl/N-ethyl adjacent to an activating group) is 1. The van der Waals surface area contributed by atoms with Gasteiger partial charge in [-0.15, -0.1) is 0 Å². The maximum Gasteiger partial charge on any atom is 0.232 e. The van der Waals surface area contributed by atoms with E-state index in [1.807, 2.05) is 24.1 Å². The molecule has 26 heavy (non-hydrogen) atoms. The van der Waals surface area contributed by atoms with Gasteiger partial charge in [-0.2, -0.15) is 0 Å². The Labute approximate surface area is 153 Å². The second-order valence-electron chi connectivity index (χ2n) is 7.17. The van der Waals surface area contributed by atoms with Gasteiger partial charge in [0.05, 0.1) is 11.6 Å². The van der Waals surface area contributed by atoms with Gasteiger partial charge in [0.15, 0.2) is 0 Å². The predicted octanol–water partition coefficient (Wildman–Crippen LogP) is 3.73. The molecule has 1 saturated carbocycles. The van der Waals surface area contributed by atoms with Gasteiger partial charge in [0.25, 0.3) is 0 Å². The van der Waals surface area contributed by atoms with Gasteiger partial charge in [0, 0.05) is 30.4 Å². The Bertz CT molecular complexity index is 864. The van der Waals surface area contributed by atoms with Gasteiger partial charge in [-0.3, -0.25) is 9.78 Å². The van der Waals surface area contributed by atoms with Crippen LogP contribution in [0.15, 0.2) is 42.6 Å². The lowest BCUT2D eigenvalue weighted by molar-refractivity contribution is -0.128. The van der Waals surface area contributed by atoms with Crippen LogP contribution in [0.5, 0.6) is 0 Å². The summed E-state index contributed by atoms with van der Waals surface area (Å²) in [5, 5.41) is 0. The molecule has 2 aliphatic rings. The average Bonchev–Trinajstić information content (AvgIpc) is 2.93. The van der Waals surface area contributed by atoms with Crippen molar-refractivity contribution in [2.75, 3.05) is 7.05 Å². The highest BCUT2D eigenvalue weighted by Gasteiger charge is 2.48. The maximum absolute atomic E-state index is 12.9. The van der Waals surface area contributed by atoms with Crippen molar-refractivity contribution in [2.24, 2.45) is 5.92 Å². The molecule has 2 heterocycles. The van der Waals surface area contributed by atoms with Crippen molar-refractivity contribution in [3.63, 3.8) is 0 Å². The van der Waals surface area contributed by atoms with E-state index in [4.69, 9.17) is 0 Å². The summed E-state index contributed by atoms with van der Waals surface area (Å²) >= 11 is 0. The molecule has 1 aromatic heterocycles. The van der Waals surface area contributed by atoms with Crippen LogP contribution in [0.4, 0.5) is 4.39 Å². The monoisotopic (exact) mass is 348 g/mol. The van der Waals surface area contributed by atoms with Crippen molar-refractivity contribution in [2.45, 2.75) is 37.6 Å². The second kappa shape index (κ2) is 6.92. The lowest BCUT2D eigenvalue weighted by atomic mass is 9.78. The highest BCUT2D eigenvalue weighted by atomic mass is 19.1. The summed E-state index contributed by atoms with van der Waals surface area (Å²) in [6.45, 7) is 0. The number of fused-ring (bicyclic) bond motifs is 1. The molecular weight excluding hydrogens is 327 g/mol. The zero-order valence-electron chi connectivity index (χ0n) is 14.8. The average molecular weight is 348 g/mol. The SMILES string of the molecule is CN1C(=O)C(c2ccc(C#Cc3ccc(F)cc3)cn2)C2CCCCC21. The van der Waals surface area contributed by atoms with Gasteiger partial charge in [0.1, 0.15) is 5.82 Å². The summed E-state index contributed by atoms with van der Waals surface area (Å²) in [4.78, 5) is 19.2. The van der Waals surface area contributed by atoms with E-state index in [1.165, 1.54) is 25.0 Å². The molecule has 4 rings (SSSR count). The summed E-state index contributed by atoms with van der Waals surface area (Å²) < 4.78 is 12.9. The number of hydrogen-bond acceptors (Lipinski definition) is 2.